The normalized spacial score (nSPS) is 10.0. The van der Waals surface area contributed by atoms with Crippen molar-refractivity contribution in [3.8, 4) is 45.6 Å². The van der Waals surface area contributed by atoms with Crippen LogP contribution in [-0.4, -0.2) is 29.9 Å². The second-order valence-corrected chi connectivity index (χ2v) is 9.36. The molecule has 0 N–H and O–H groups in total. The van der Waals surface area contributed by atoms with E-state index in [-0.39, 0.29) is 17.1 Å². The van der Waals surface area contributed by atoms with Crippen molar-refractivity contribution in [2.24, 2.45) is 0 Å². The second-order valence-electron chi connectivity index (χ2n) is 9.36. The Hall–Kier alpha value is -5.24. The van der Waals surface area contributed by atoms with Crippen LogP contribution in [-0.2, 0) is 17.1 Å². The number of hydrogen-bond donors (Lipinski definition) is 0. The van der Waals surface area contributed by atoms with Crippen molar-refractivity contribution in [1.82, 2.24) is 39.9 Å². The first-order valence-corrected chi connectivity index (χ1v) is 16.7. The Kier molecular flexibility index (Phi) is 13.9. The Morgan fingerprint density at radius 1 is 0.408 bits per heavy atom. The van der Waals surface area contributed by atoms with Crippen LogP contribution in [0, 0.1) is 0 Å². The molecule has 0 amide bonds. The molecule has 0 saturated heterocycles. The molecule has 253 valence electrons. The molecule has 0 fully saturated rings. The molecule has 3 aromatic heterocycles. The predicted molar refractivity (Wildman–Crippen MR) is 202 cm³/mol. The summed E-state index contributed by atoms with van der Waals surface area (Å²) in [6, 6.07) is 23.6. The van der Waals surface area contributed by atoms with Gasteiger partial charge < -0.3 is 29.9 Å². The molecule has 49 heavy (non-hydrogen) atoms. The van der Waals surface area contributed by atoms with Gasteiger partial charge in [-0.05, 0) is 21.9 Å². The van der Waals surface area contributed by atoms with Gasteiger partial charge in [0.15, 0.2) is 0 Å². The van der Waals surface area contributed by atoms with Crippen LogP contribution in [0.25, 0.3) is 91.1 Å². The zero-order chi connectivity index (χ0) is 34.8. The number of benzene rings is 3. The van der Waals surface area contributed by atoms with Crippen molar-refractivity contribution in [3.05, 3.63) is 97.1 Å². The molecule has 8 bridgehead atoms. The van der Waals surface area contributed by atoms with Gasteiger partial charge in [0.2, 0.25) is 0 Å². The largest absolute Gasteiger partial charge is 2.00 e. The molecule has 5 heterocycles. The Balaban J connectivity index is 0.000000677. The number of hydrogen-bond acceptors (Lipinski definition) is 6. The van der Waals surface area contributed by atoms with Gasteiger partial charge in [-0.2, -0.15) is 0 Å². The molecule has 8 nitrogen and oxygen atoms in total. The third-order valence-corrected chi connectivity index (χ3v) is 7.10. The monoisotopic (exact) mass is 697 g/mol. The molecule has 6 aromatic rings. The van der Waals surface area contributed by atoms with E-state index in [1.807, 2.05) is 128 Å². The summed E-state index contributed by atoms with van der Waals surface area (Å²) in [6.07, 6.45) is 3.43. The van der Waals surface area contributed by atoms with Crippen molar-refractivity contribution in [3.63, 3.8) is 0 Å². The Labute approximate surface area is 299 Å². The first kappa shape index (κ1) is 38.2. The van der Waals surface area contributed by atoms with Crippen molar-refractivity contribution >= 4 is 45.5 Å². The molecular weight excluding hydrogens is 656 g/mol. The molecule has 0 saturated carbocycles. The molecule has 0 spiro atoms. The quantitative estimate of drug-likeness (QED) is 0.164. The van der Waals surface area contributed by atoms with Crippen molar-refractivity contribution in [1.29, 1.82) is 0 Å². The van der Waals surface area contributed by atoms with Crippen LogP contribution in [0.4, 0.5) is 0 Å². The minimum absolute atomic E-state index is 0. The van der Waals surface area contributed by atoms with Gasteiger partial charge in [0.1, 0.15) is 0 Å². The first-order valence-electron chi connectivity index (χ1n) is 16.7. The summed E-state index contributed by atoms with van der Waals surface area (Å²) in [6.45, 7) is 24.0. The molecule has 3 aromatic carbocycles. The minimum Gasteiger partial charge on any atom is -0.357 e. The van der Waals surface area contributed by atoms with E-state index < -0.39 is 0 Å². The van der Waals surface area contributed by atoms with Gasteiger partial charge in [0.25, 0.3) is 0 Å². The van der Waals surface area contributed by atoms with Crippen LogP contribution in [0.1, 0.15) is 66.5 Å². The summed E-state index contributed by atoms with van der Waals surface area (Å²) in [4.78, 5) is 38.9. The van der Waals surface area contributed by atoms with Gasteiger partial charge in [-0.15, -0.1) is 0 Å². The summed E-state index contributed by atoms with van der Waals surface area (Å²) in [5.41, 5.74) is 6.85. The molecule has 1 radical (unpaired) electrons. The van der Waals surface area contributed by atoms with E-state index in [1.165, 1.54) is 0 Å². The van der Waals surface area contributed by atoms with E-state index >= 15 is 0 Å². The number of fused-ring (bicyclic) bond motifs is 17. The number of nitrogens with zero attached hydrogens (tertiary/aromatic N) is 8. The third-order valence-electron chi connectivity index (χ3n) is 7.10. The fraction of sp³-hybridized carbons (Fsp3) is 0.200. The van der Waals surface area contributed by atoms with Crippen LogP contribution >= 0.6 is 0 Å². The van der Waals surface area contributed by atoms with E-state index in [0.29, 0.717) is 45.9 Å². The van der Waals surface area contributed by atoms with E-state index in [4.69, 9.17) is 39.9 Å². The van der Waals surface area contributed by atoms with E-state index in [2.05, 4.69) is 13.2 Å². The molecule has 0 aliphatic carbocycles. The standard InChI is InChI=1S/C32H18N8.4C2H6.Cu/c1-3-17-18(4-2)26-33-25(17)34-27-19-11-5-7-13-21(19)29(36-27)38-31-23-15-9-10-16-24(23)32(40-31)39-30-22-14-8-6-12-20(22)28(35-26)37-30;4*1-2;/h3-16H,1-2H2;4*1-2H3;/q-2;;;;;+2. The van der Waals surface area contributed by atoms with Gasteiger partial charge in [-0.1, -0.05) is 153 Å². The fourth-order valence-corrected chi connectivity index (χ4v) is 5.23. The molecule has 0 unspecified atom stereocenters. The summed E-state index contributed by atoms with van der Waals surface area (Å²) >= 11 is 0. The first-order chi connectivity index (χ1) is 23.7. The summed E-state index contributed by atoms with van der Waals surface area (Å²) in [5, 5.41) is 1.76. The van der Waals surface area contributed by atoms with Crippen molar-refractivity contribution in [2.75, 3.05) is 0 Å². The smallest absolute Gasteiger partial charge is 0.357 e. The minimum atomic E-state index is 0. The number of aromatic nitrogens is 8. The van der Waals surface area contributed by atoms with E-state index in [9.17, 15) is 0 Å². The third kappa shape index (κ3) is 7.14. The maximum atomic E-state index is 4.93. The maximum Gasteiger partial charge on any atom is 2.00 e. The molecule has 2 aliphatic heterocycles. The molecular formula is C40H42CuN8. The van der Waals surface area contributed by atoms with Crippen LogP contribution in [0.15, 0.2) is 86.0 Å². The van der Waals surface area contributed by atoms with Crippen LogP contribution in [0.3, 0.4) is 0 Å². The van der Waals surface area contributed by atoms with Crippen LogP contribution in [0.5, 0.6) is 0 Å². The SMILES string of the molecule is C=Cc1c(C=C)c2nc3nc(nc4[n-]c(nc5nc(nc1[n-]2)-c1ccccc1-5)c1ccccc41)-c1ccccc1-3.CC.CC.CC.CC.[Cu+2]. The van der Waals surface area contributed by atoms with Gasteiger partial charge >= 0.3 is 17.1 Å². The van der Waals surface area contributed by atoms with Gasteiger partial charge in [0, 0.05) is 44.8 Å². The van der Waals surface area contributed by atoms with E-state index in [1.54, 1.807) is 12.2 Å². The zero-order valence-electron chi connectivity index (χ0n) is 29.4. The Morgan fingerprint density at radius 2 is 0.673 bits per heavy atom. The van der Waals surface area contributed by atoms with E-state index in [0.717, 1.165) is 44.2 Å². The van der Waals surface area contributed by atoms with Crippen LogP contribution in [0.2, 0.25) is 0 Å². The molecule has 8 rings (SSSR count). The summed E-state index contributed by atoms with van der Waals surface area (Å²) in [7, 11) is 0. The average Bonchev–Trinajstić information content (AvgIpc) is 3.90. The topological polar surface area (TPSA) is 106 Å². The molecule has 0 atom stereocenters. The van der Waals surface area contributed by atoms with Gasteiger partial charge in [0.05, 0.1) is 23.3 Å². The molecule has 9 heteroatoms. The summed E-state index contributed by atoms with van der Waals surface area (Å²) in [5.74, 6) is 2.06. The Morgan fingerprint density at radius 3 is 0.980 bits per heavy atom. The van der Waals surface area contributed by atoms with Gasteiger partial charge in [-0.3, -0.25) is 0 Å². The summed E-state index contributed by atoms with van der Waals surface area (Å²) < 4.78 is 0. The second kappa shape index (κ2) is 17.8. The number of rotatable bonds is 2. The zero-order valence-corrected chi connectivity index (χ0v) is 30.3. The Bertz CT molecular complexity index is 2080. The van der Waals surface area contributed by atoms with Crippen LogP contribution < -0.4 is 9.97 Å². The average molecular weight is 698 g/mol. The van der Waals surface area contributed by atoms with Crippen molar-refractivity contribution < 1.29 is 17.1 Å². The predicted octanol–water partition coefficient (Wildman–Crippen LogP) is 10.4. The molecule has 2 aliphatic rings. The maximum absolute atomic E-state index is 4.93. The van der Waals surface area contributed by atoms with Gasteiger partial charge in [-0.25, -0.2) is 9.97 Å². The fourth-order valence-electron chi connectivity index (χ4n) is 5.23. The van der Waals surface area contributed by atoms with Crippen molar-refractivity contribution in [2.45, 2.75) is 55.4 Å².